The van der Waals surface area contributed by atoms with E-state index in [1.165, 1.54) is 10.4 Å². The Bertz CT molecular complexity index is 760. The molecule has 2 heterocycles. The fourth-order valence-corrected chi connectivity index (χ4v) is 3.62. The van der Waals surface area contributed by atoms with Crippen LogP contribution in [-0.2, 0) is 19.5 Å². The standard InChI is InChI=1S/C16H18ClN3S/c1-2-3-16-19-13(10-21-16)9-20-8-11(7-18)14-5-4-12(17)6-15(14)20/h4-6,8,10H,2-3,7,9,18H2,1H3. The summed E-state index contributed by atoms with van der Waals surface area (Å²) in [6.07, 6.45) is 4.29. The van der Waals surface area contributed by atoms with E-state index in [4.69, 9.17) is 22.3 Å². The van der Waals surface area contributed by atoms with Gasteiger partial charge in [-0.05, 0) is 30.5 Å². The second kappa shape index (κ2) is 6.18. The predicted molar refractivity (Wildman–Crippen MR) is 90.1 cm³/mol. The Morgan fingerprint density at radius 1 is 1.38 bits per heavy atom. The zero-order valence-electron chi connectivity index (χ0n) is 12.0. The summed E-state index contributed by atoms with van der Waals surface area (Å²) < 4.78 is 2.19. The molecule has 3 aromatic rings. The van der Waals surface area contributed by atoms with E-state index in [0.717, 1.165) is 41.2 Å². The van der Waals surface area contributed by atoms with Crippen molar-refractivity contribution in [3.63, 3.8) is 0 Å². The normalized spacial score (nSPS) is 11.4. The molecule has 0 unspecified atom stereocenters. The van der Waals surface area contributed by atoms with Gasteiger partial charge in [0.1, 0.15) is 0 Å². The van der Waals surface area contributed by atoms with E-state index < -0.39 is 0 Å². The first-order valence-electron chi connectivity index (χ1n) is 7.12. The largest absolute Gasteiger partial charge is 0.341 e. The van der Waals surface area contributed by atoms with Gasteiger partial charge in [0.2, 0.25) is 0 Å². The Morgan fingerprint density at radius 2 is 2.24 bits per heavy atom. The first-order valence-corrected chi connectivity index (χ1v) is 8.37. The summed E-state index contributed by atoms with van der Waals surface area (Å²) in [6.45, 7) is 3.47. The van der Waals surface area contributed by atoms with Crippen LogP contribution in [0.1, 0.15) is 29.6 Å². The Labute approximate surface area is 133 Å². The van der Waals surface area contributed by atoms with Crippen molar-refractivity contribution in [3.8, 4) is 0 Å². The van der Waals surface area contributed by atoms with Crippen LogP contribution in [0.15, 0.2) is 29.8 Å². The van der Waals surface area contributed by atoms with E-state index in [1.54, 1.807) is 11.3 Å². The Balaban J connectivity index is 1.97. The number of thiazole rings is 1. The number of aromatic nitrogens is 2. The van der Waals surface area contributed by atoms with Crippen molar-refractivity contribution >= 4 is 33.8 Å². The van der Waals surface area contributed by atoms with E-state index in [1.807, 2.05) is 18.2 Å². The van der Waals surface area contributed by atoms with Crippen molar-refractivity contribution in [2.75, 3.05) is 0 Å². The smallest absolute Gasteiger partial charge is 0.0928 e. The quantitative estimate of drug-likeness (QED) is 0.765. The van der Waals surface area contributed by atoms with Gasteiger partial charge in [-0.2, -0.15) is 0 Å². The number of nitrogens with zero attached hydrogens (tertiary/aromatic N) is 2. The molecule has 0 saturated heterocycles. The molecule has 0 atom stereocenters. The summed E-state index contributed by atoms with van der Waals surface area (Å²) in [5.74, 6) is 0. The van der Waals surface area contributed by atoms with Crippen molar-refractivity contribution in [3.05, 3.63) is 51.1 Å². The highest BCUT2D eigenvalue weighted by atomic mass is 35.5. The first-order chi connectivity index (χ1) is 10.2. The molecule has 0 aliphatic rings. The summed E-state index contributed by atoms with van der Waals surface area (Å²) in [7, 11) is 0. The van der Waals surface area contributed by atoms with Gasteiger partial charge in [-0.25, -0.2) is 4.98 Å². The van der Waals surface area contributed by atoms with E-state index in [9.17, 15) is 0 Å². The van der Waals surface area contributed by atoms with Gasteiger partial charge in [0.25, 0.3) is 0 Å². The summed E-state index contributed by atoms with van der Waals surface area (Å²) in [5, 5.41) is 5.27. The molecule has 1 aromatic carbocycles. The number of rotatable bonds is 5. The van der Waals surface area contributed by atoms with Crippen LogP contribution in [0.2, 0.25) is 5.02 Å². The highest BCUT2D eigenvalue weighted by molar-refractivity contribution is 7.09. The van der Waals surface area contributed by atoms with Crippen LogP contribution in [0.25, 0.3) is 10.9 Å². The summed E-state index contributed by atoms with van der Waals surface area (Å²) in [5.41, 5.74) is 9.21. The molecule has 0 saturated carbocycles. The number of benzene rings is 1. The molecule has 3 rings (SSSR count). The van der Waals surface area contributed by atoms with Gasteiger partial charge in [-0.1, -0.05) is 24.6 Å². The van der Waals surface area contributed by atoms with Gasteiger partial charge in [-0.15, -0.1) is 11.3 Å². The lowest BCUT2D eigenvalue weighted by atomic mass is 10.2. The van der Waals surface area contributed by atoms with E-state index in [-0.39, 0.29) is 0 Å². The minimum absolute atomic E-state index is 0.531. The van der Waals surface area contributed by atoms with E-state index >= 15 is 0 Å². The van der Waals surface area contributed by atoms with Gasteiger partial charge >= 0.3 is 0 Å². The molecule has 0 radical (unpaired) electrons. The second-order valence-electron chi connectivity index (χ2n) is 5.13. The second-order valence-corrected chi connectivity index (χ2v) is 6.51. The molecule has 5 heteroatoms. The molecule has 21 heavy (non-hydrogen) atoms. The van der Waals surface area contributed by atoms with E-state index in [0.29, 0.717) is 6.54 Å². The number of aryl methyl sites for hydroxylation is 1. The van der Waals surface area contributed by atoms with Gasteiger partial charge in [0.15, 0.2) is 0 Å². The molecule has 0 amide bonds. The van der Waals surface area contributed by atoms with Crippen molar-refractivity contribution in [1.29, 1.82) is 0 Å². The molecule has 110 valence electrons. The number of fused-ring (bicyclic) bond motifs is 1. The maximum absolute atomic E-state index is 6.13. The third-order valence-corrected chi connectivity index (χ3v) is 4.73. The number of hydrogen-bond donors (Lipinski definition) is 1. The van der Waals surface area contributed by atoms with Crippen LogP contribution in [0.3, 0.4) is 0 Å². The maximum atomic E-state index is 6.13. The first kappa shape index (κ1) is 14.6. The fourth-order valence-electron chi connectivity index (χ4n) is 2.56. The lowest BCUT2D eigenvalue weighted by Gasteiger charge is -2.03. The van der Waals surface area contributed by atoms with Crippen LogP contribution >= 0.6 is 22.9 Å². The van der Waals surface area contributed by atoms with Crippen LogP contribution in [-0.4, -0.2) is 9.55 Å². The van der Waals surface area contributed by atoms with Gasteiger partial charge < -0.3 is 10.3 Å². The zero-order chi connectivity index (χ0) is 14.8. The SMILES string of the molecule is CCCc1nc(Cn2cc(CN)c3ccc(Cl)cc32)cs1. The monoisotopic (exact) mass is 319 g/mol. The fraction of sp³-hybridized carbons (Fsp3) is 0.312. The van der Waals surface area contributed by atoms with Gasteiger partial charge in [0.05, 0.1) is 22.8 Å². The average Bonchev–Trinajstić information content (AvgIpc) is 3.05. The molecular formula is C16H18ClN3S. The molecule has 3 nitrogen and oxygen atoms in total. The molecule has 0 fully saturated rings. The molecule has 0 bridgehead atoms. The molecule has 0 aliphatic carbocycles. The molecular weight excluding hydrogens is 302 g/mol. The van der Waals surface area contributed by atoms with Crippen molar-refractivity contribution in [2.24, 2.45) is 5.73 Å². The molecule has 0 spiro atoms. The zero-order valence-corrected chi connectivity index (χ0v) is 13.5. The Hall–Kier alpha value is -1.36. The minimum atomic E-state index is 0.531. The van der Waals surface area contributed by atoms with Crippen LogP contribution in [0.5, 0.6) is 0 Å². The predicted octanol–water partition coefficient (Wildman–Crippen LogP) is 4.21. The molecule has 2 aromatic heterocycles. The highest BCUT2D eigenvalue weighted by Gasteiger charge is 2.10. The third-order valence-electron chi connectivity index (χ3n) is 3.54. The molecule has 2 N–H and O–H groups in total. The van der Waals surface area contributed by atoms with Crippen LogP contribution in [0, 0.1) is 0 Å². The lowest BCUT2D eigenvalue weighted by molar-refractivity contribution is 0.797. The number of hydrogen-bond acceptors (Lipinski definition) is 3. The van der Waals surface area contributed by atoms with Crippen molar-refractivity contribution < 1.29 is 0 Å². The molecule has 0 aliphatic heterocycles. The average molecular weight is 320 g/mol. The topological polar surface area (TPSA) is 43.8 Å². The summed E-state index contributed by atoms with van der Waals surface area (Å²) >= 11 is 7.87. The van der Waals surface area contributed by atoms with Crippen molar-refractivity contribution in [1.82, 2.24) is 9.55 Å². The third kappa shape index (κ3) is 2.98. The Kier molecular flexibility index (Phi) is 4.29. The maximum Gasteiger partial charge on any atom is 0.0928 e. The highest BCUT2D eigenvalue weighted by Crippen LogP contribution is 2.25. The van der Waals surface area contributed by atoms with Gasteiger partial charge in [0, 0.05) is 28.5 Å². The van der Waals surface area contributed by atoms with Crippen LogP contribution < -0.4 is 5.73 Å². The Morgan fingerprint density at radius 3 is 3.00 bits per heavy atom. The van der Waals surface area contributed by atoms with E-state index in [2.05, 4.69) is 23.1 Å². The lowest BCUT2D eigenvalue weighted by Crippen LogP contribution is -1.99. The van der Waals surface area contributed by atoms with Crippen LogP contribution in [0.4, 0.5) is 0 Å². The summed E-state index contributed by atoms with van der Waals surface area (Å²) in [6, 6.07) is 5.95. The number of halogens is 1. The summed E-state index contributed by atoms with van der Waals surface area (Å²) in [4.78, 5) is 4.69. The minimum Gasteiger partial charge on any atom is -0.341 e. The van der Waals surface area contributed by atoms with Gasteiger partial charge in [-0.3, -0.25) is 0 Å². The number of nitrogens with two attached hydrogens (primary N) is 1. The van der Waals surface area contributed by atoms with Crippen molar-refractivity contribution in [2.45, 2.75) is 32.9 Å².